The van der Waals surface area contributed by atoms with Gasteiger partial charge in [0.25, 0.3) is 5.89 Å². The van der Waals surface area contributed by atoms with Crippen LogP contribution in [0.5, 0.6) is 5.75 Å². The molecule has 6 heteroatoms. The molecule has 78 valence electrons. The summed E-state index contributed by atoms with van der Waals surface area (Å²) >= 11 is 0. The van der Waals surface area contributed by atoms with E-state index in [1.807, 2.05) is 0 Å². The number of nitrogens with two attached hydrogens (primary N) is 2. The van der Waals surface area contributed by atoms with Gasteiger partial charge in [0.2, 0.25) is 0 Å². The highest BCUT2D eigenvalue weighted by molar-refractivity contribution is 5.43. The molecule has 4 N–H and O–H groups in total. The number of rotatable bonds is 3. The zero-order valence-electron chi connectivity index (χ0n) is 7.88. The number of hydrogen-bond acceptors (Lipinski definition) is 6. The fraction of sp³-hybridized carbons (Fsp3) is 0.111. The van der Waals surface area contributed by atoms with Crippen molar-refractivity contribution in [2.75, 3.05) is 11.5 Å². The molecular weight excluding hydrogens is 196 g/mol. The molecular formula is C9H10N4O2. The number of benzene rings is 1. The minimum Gasteiger partial charge on any atom is -0.484 e. The van der Waals surface area contributed by atoms with E-state index in [1.165, 1.54) is 0 Å². The number of ether oxygens (including phenoxy) is 1. The summed E-state index contributed by atoms with van der Waals surface area (Å²) in [6, 6.07) is 7.10. The van der Waals surface area contributed by atoms with Gasteiger partial charge < -0.3 is 20.6 Å². The molecule has 1 aromatic carbocycles. The molecule has 0 aliphatic carbocycles. The predicted octanol–water partition coefficient (Wildman–Crippen LogP) is 0.813. The molecule has 2 rings (SSSR count). The molecule has 0 unspecified atom stereocenters. The second kappa shape index (κ2) is 3.87. The highest BCUT2D eigenvalue weighted by Crippen LogP contribution is 2.15. The Morgan fingerprint density at radius 2 is 2.13 bits per heavy atom. The Morgan fingerprint density at radius 1 is 1.27 bits per heavy atom. The first-order chi connectivity index (χ1) is 7.24. The molecule has 0 bridgehead atoms. The average Bonchev–Trinajstić information content (AvgIpc) is 2.62. The summed E-state index contributed by atoms with van der Waals surface area (Å²) in [5, 5.41) is 7.16. The van der Waals surface area contributed by atoms with Crippen molar-refractivity contribution in [3.63, 3.8) is 0 Å². The number of nitrogens with zero attached hydrogens (tertiary/aromatic N) is 2. The molecule has 0 aliphatic heterocycles. The zero-order chi connectivity index (χ0) is 10.7. The lowest BCUT2D eigenvalue weighted by molar-refractivity contribution is 0.265. The van der Waals surface area contributed by atoms with Gasteiger partial charge in [0, 0.05) is 11.8 Å². The summed E-state index contributed by atoms with van der Waals surface area (Å²) < 4.78 is 10.3. The van der Waals surface area contributed by atoms with E-state index in [1.54, 1.807) is 24.3 Å². The third kappa shape index (κ3) is 2.37. The Morgan fingerprint density at radius 3 is 2.80 bits per heavy atom. The van der Waals surface area contributed by atoms with Crippen LogP contribution in [-0.2, 0) is 6.61 Å². The lowest BCUT2D eigenvalue weighted by atomic mass is 10.3. The Balaban J connectivity index is 1.99. The zero-order valence-corrected chi connectivity index (χ0v) is 7.88. The number of nitrogen functional groups attached to an aromatic ring is 2. The maximum absolute atomic E-state index is 5.58. The van der Waals surface area contributed by atoms with Crippen molar-refractivity contribution in [2.24, 2.45) is 0 Å². The van der Waals surface area contributed by atoms with E-state index in [-0.39, 0.29) is 12.6 Å². The molecule has 0 aliphatic rings. The van der Waals surface area contributed by atoms with Crippen LogP contribution in [-0.4, -0.2) is 10.2 Å². The summed E-state index contributed by atoms with van der Waals surface area (Å²) in [5.74, 6) is 0.974. The van der Waals surface area contributed by atoms with Gasteiger partial charge in [-0.1, -0.05) is 11.2 Å². The van der Waals surface area contributed by atoms with Crippen LogP contribution in [0.25, 0.3) is 0 Å². The summed E-state index contributed by atoms with van der Waals surface area (Å²) in [7, 11) is 0. The molecule has 15 heavy (non-hydrogen) atoms. The lowest BCUT2D eigenvalue weighted by Gasteiger charge is -2.03. The van der Waals surface area contributed by atoms with Crippen molar-refractivity contribution in [3.05, 3.63) is 30.2 Å². The van der Waals surface area contributed by atoms with Crippen molar-refractivity contribution in [1.29, 1.82) is 0 Å². The van der Waals surface area contributed by atoms with Crippen molar-refractivity contribution in [1.82, 2.24) is 10.2 Å². The molecule has 2 aromatic rings. The Hall–Kier alpha value is -2.24. The van der Waals surface area contributed by atoms with Gasteiger partial charge in [0.15, 0.2) is 6.61 Å². The first-order valence-electron chi connectivity index (χ1n) is 4.30. The molecule has 0 saturated heterocycles. The fourth-order valence-corrected chi connectivity index (χ4v) is 1.07. The van der Waals surface area contributed by atoms with Gasteiger partial charge in [0.05, 0.1) is 0 Å². The third-order valence-electron chi connectivity index (χ3n) is 1.70. The van der Waals surface area contributed by atoms with E-state index < -0.39 is 0 Å². The molecule has 0 saturated carbocycles. The number of aromatic nitrogens is 2. The van der Waals surface area contributed by atoms with Crippen LogP contribution in [0.2, 0.25) is 0 Å². The molecule has 0 amide bonds. The standard InChI is InChI=1S/C9H10N4O2/c10-6-2-1-3-7(4-6)14-5-8-12-13-9(11)15-8/h1-4H,5,10H2,(H2,11,13). The Bertz CT molecular complexity index is 455. The molecule has 1 heterocycles. The van der Waals surface area contributed by atoms with Crippen molar-refractivity contribution in [2.45, 2.75) is 6.61 Å². The highest BCUT2D eigenvalue weighted by atomic mass is 16.5. The summed E-state index contributed by atoms with van der Waals surface area (Å²) in [6.07, 6.45) is 0. The van der Waals surface area contributed by atoms with E-state index in [4.69, 9.17) is 20.6 Å². The van der Waals surface area contributed by atoms with Crippen LogP contribution < -0.4 is 16.2 Å². The quantitative estimate of drug-likeness (QED) is 0.721. The first kappa shape index (κ1) is 9.32. The largest absolute Gasteiger partial charge is 0.484 e. The second-order valence-corrected chi connectivity index (χ2v) is 2.90. The van der Waals surface area contributed by atoms with E-state index in [2.05, 4.69) is 10.2 Å². The Kier molecular flexibility index (Phi) is 2.40. The smallest absolute Gasteiger partial charge is 0.312 e. The van der Waals surface area contributed by atoms with E-state index in [9.17, 15) is 0 Å². The second-order valence-electron chi connectivity index (χ2n) is 2.90. The van der Waals surface area contributed by atoms with Gasteiger partial charge in [-0.3, -0.25) is 0 Å². The van der Waals surface area contributed by atoms with Gasteiger partial charge >= 0.3 is 6.01 Å². The van der Waals surface area contributed by atoms with E-state index >= 15 is 0 Å². The molecule has 6 nitrogen and oxygen atoms in total. The van der Waals surface area contributed by atoms with Gasteiger partial charge in [-0.15, -0.1) is 5.10 Å². The number of hydrogen-bond donors (Lipinski definition) is 2. The summed E-state index contributed by atoms with van der Waals surface area (Å²) in [4.78, 5) is 0. The molecule has 1 aromatic heterocycles. The van der Waals surface area contributed by atoms with E-state index in [0.29, 0.717) is 17.3 Å². The maximum Gasteiger partial charge on any atom is 0.312 e. The van der Waals surface area contributed by atoms with Crippen LogP contribution in [0, 0.1) is 0 Å². The van der Waals surface area contributed by atoms with Gasteiger partial charge in [0.1, 0.15) is 5.75 Å². The lowest BCUT2D eigenvalue weighted by Crippen LogP contribution is -1.96. The van der Waals surface area contributed by atoms with Crippen LogP contribution >= 0.6 is 0 Å². The van der Waals surface area contributed by atoms with Crippen molar-refractivity contribution >= 4 is 11.7 Å². The maximum atomic E-state index is 5.58. The summed E-state index contributed by atoms with van der Waals surface area (Å²) in [5.41, 5.74) is 11.5. The Labute approximate surface area is 85.8 Å². The monoisotopic (exact) mass is 206 g/mol. The van der Waals surface area contributed by atoms with Crippen LogP contribution in [0.3, 0.4) is 0 Å². The molecule has 0 spiro atoms. The average molecular weight is 206 g/mol. The normalized spacial score (nSPS) is 10.1. The first-order valence-corrected chi connectivity index (χ1v) is 4.30. The van der Waals surface area contributed by atoms with Crippen molar-refractivity contribution < 1.29 is 9.15 Å². The van der Waals surface area contributed by atoms with Gasteiger partial charge in [-0.2, -0.15) is 0 Å². The number of anilines is 2. The minimum atomic E-state index is 0.0289. The van der Waals surface area contributed by atoms with Crippen LogP contribution in [0.1, 0.15) is 5.89 Å². The van der Waals surface area contributed by atoms with E-state index in [0.717, 1.165) is 0 Å². The van der Waals surface area contributed by atoms with Crippen LogP contribution in [0.4, 0.5) is 11.7 Å². The van der Waals surface area contributed by atoms with Gasteiger partial charge in [-0.05, 0) is 12.1 Å². The minimum absolute atomic E-state index is 0.0289. The molecule has 0 radical (unpaired) electrons. The van der Waals surface area contributed by atoms with Crippen LogP contribution in [0.15, 0.2) is 28.7 Å². The topological polar surface area (TPSA) is 100 Å². The SMILES string of the molecule is Nc1cccc(OCc2nnc(N)o2)c1. The molecule has 0 atom stereocenters. The van der Waals surface area contributed by atoms with Gasteiger partial charge in [-0.25, -0.2) is 0 Å². The fourth-order valence-electron chi connectivity index (χ4n) is 1.07. The molecule has 0 fully saturated rings. The summed E-state index contributed by atoms with van der Waals surface area (Å²) in [6.45, 7) is 0.174. The predicted molar refractivity (Wildman–Crippen MR) is 53.9 cm³/mol. The third-order valence-corrected chi connectivity index (χ3v) is 1.70. The van der Waals surface area contributed by atoms with Crippen molar-refractivity contribution in [3.8, 4) is 5.75 Å². The highest BCUT2D eigenvalue weighted by Gasteiger charge is 2.03.